The van der Waals surface area contributed by atoms with Crippen LogP contribution in [-0.4, -0.2) is 38.7 Å². The zero-order valence-corrected chi connectivity index (χ0v) is 16.7. The number of carbonyl (C=O) groups is 1. The minimum Gasteiger partial charge on any atom is -0.395 e. The Bertz CT molecular complexity index is 1210. The summed E-state index contributed by atoms with van der Waals surface area (Å²) in [5.41, 5.74) is 2.69. The predicted octanol–water partition coefficient (Wildman–Crippen LogP) is 4.12. The van der Waals surface area contributed by atoms with Crippen molar-refractivity contribution >= 4 is 40.1 Å². The fourth-order valence-corrected chi connectivity index (χ4v) is 3.49. The van der Waals surface area contributed by atoms with E-state index < -0.39 is 0 Å². The number of aromatic nitrogens is 3. The highest BCUT2D eigenvalue weighted by Gasteiger charge is 2.12. The first-order chi connectivity index (χ1) is 14.1. The van der Waals surface area contributed by atoms with Gasteiger partial charge in [-0.3, -0.25) is 9.36 Å². The van der Waals surface area contributed by atoms with Gasteiger partial charge < -0.3 is 10.4 Å². The summed E-state index contributed by atoms with van der Waals surface area (Å²) in [7, 11) is 0. The summed E-state index contributed by atoms with van der Waals surface area (Å²) in [6, 6.07) is 14.6. The maximum Gasteiger partial charge on any atom is 0.251 e. The molecule has 0 aliphatic heterocycles. The molecule has 3 heterocycles. The van der Waals surface area contributed by atoms with Gasteiger partial charge in [0.1, 0.15) is 5.65 Å². The molecule has 1 amide bonds. The van der Waals surface area contributed by atoms with Crippen LogP contribution in [0.4, 0.5) is 0 Å². The van der Waals surface area contributed by atoms with Crippen molar-refractivity contribution in [2.24, 2.45) is 0 Å². The molecule has 4 aromatic rings. The van der Waals surface area contributed by atoms with Crippen LogP contribution in [0.5, 0.6) is 0 Å². The van der Waals surface area contributed by atoms with Crippen molar-refractivity contribution in [1.82, 2.24) is 19.9 Å². The van der Waals surface area contributed by atoms with Crippen molar-refractivity contribution in [2.75, 3.05) is 13.2 Å². The zero-order chi connectivity index (χ0) is 20.4. The summed E-state index contributed by atoms with van der Waals surface area (Å²) in [6.45, 7) is 0.0948. The number of halogens is 2. The van der Waals surface area contributed by atoms with E-state index in [4.69, 9.17) is 33.3 Å². The Hall–Kier alpha value is -2.93. The summed E-state index contributed by atoms with van der Waals surface area (Å²) in [6.07, 6.45) is 3.38. The summed E-state index contributed by atoms with van der Waals surface area (Å²) in [5.74, 6) is 0.287. The maximum atomic E-state index is 12.2. The number of pyridine rings is 2. The van der Waals surface area contributed by atoms with E-state index in [1.807, 2.05) is 30.5 Å². The highest BCUT2D eigenvalue weighted by atomic mass is 35.5. The Balaban J connectivity index is 1.76. The lowest BCUT2D eigenvalue weighted by Gasteiger charge is -2.09. The molecule has 4 rings (SSSR count). The molecule has 0 unspecified atom stereocenters. The summed E-state index contributed by atoms with van der Waals surface area (Å²) in [5, 5.41) is 13.3. The molecule has 146 valence electrons. The SMILES string of the molecule is O=C(NCCO)c1cccc(-c2ccc3ccn(-c4ncc(Cl)cc4Cl)c3n2)c1. The first kappa shape index (κ1) is 19.4. The minimum absolute atomic E-state index is 0.109. The Morgan fingerprint density at radius 3 is 2.79 bits per heavy atom. The van der Waals surface area contributed by atoms with Gasteiger partial charge >= 0.3 is 0 Å². The third-order valence-corrected chi connectivity index (χ3v) is 4.86. The van der Waals surface area contributed by atoms with Gasteiger partial charge in [0.25, 0.3) is 5.91 Å². The molecule has 0 bridgehead atoms. The van der Waals surface area contributed by atoms with Crippen molar-refractivity contribution in [2.45, 2.75) is 0 Å². The lowest BCUT2D eigenvalue weighted by molar-refractivity contribution is 0.0945. The minimum atomic E-state index is -0.248. The zero-order valence-electron chi connectivity index (χ0n) is 15.1. The molecule has 29 heavy (non-hydrogen) atoms. The largest absolute Gasteiger partial charge is 0.395 e. The quantitative estimate of drug-likeness (QED) is 0.502. The van der Waals surface area contributed by atoms with Crippen LogP contribution in [0.2, 0.25) is 10.0 Å². The number of rotatable bonds is 5. The van der Waals surface area contributed by atoms with Crippen molar-refractivity contribution < 1.29 is 9.90 Å². The maximum absolute atomic E-state index is 12.2. The summed E-state index contributed by atoms with van der Waals surface area (Å²) >= 11 is 12.3. The monoisotopic (exact) mass is 426 g/mol. The molecule has 0 aliphatic carbocycles. The number of nitrogens with zero attached hydrogens (tertiary/aromatic N) is 3. The Kier molecular flexibility index (Phi) is 5.49. The van der Waals surface area contributed by atoms with E-state index >= 15 is 0 Å². The van der Waals surface area contributed by atoms with Crippen molar-refractivity contribution in [3.63, 3.8) is 0 Å². The van der Waals surface area contributed by atoms with Crippen LogP contribution < -0.4 is 5.32 Å². The van der Waals surface area contributed by atoms with Gasteiger partial charge in [0.15, 0.2) is 5.82 Å². The third kappa shape index (κ3) is 3.96. The molecule has 0 fully saturated rings. The normalized spacial score (nSPS) is 11.0. The molecule has 0 atom stereocenters. The van der Waals surface area contributed by atoms with Crippen LogP contribution in [0.15, 0.2) is 60.9 Å². The van der Waals surface area contributed by atoms with Gasteiger partial charge in [-0.1, -0.05) is 35.3 Å². The van der Waals surface area contributed by atoms with Crippen LogP contribution >= 0.6 is 23.2 Å². The number of nitrogens with one attached hydrogen (secondary N) is 1. The van der Waals surface area contributed by atoms with E-state index in [0.717, 1.165) is 10.9 Å². The first-order valence-electron chi connectivity index (χ1n) is 8.86. The second-order valence-corrected chi connectivity index (χ2v) is 7.16. The van der Waals surface area contributed by atoms with Crippen LogP contribution in [0.25, 0.3) is 28.1 Å². The lowest BCUT2D eigenvalue weighted by Crippen LogP contribution is -2.26. The van der Waals surface area contributed by atoms with E-state index in [0.29, 0.717) is 32.8 Å². The van der Waals surface area contributed by atoms with Crippen molar-refractivity contribution in [3.8, 4) is 17.1 Å². The Labute approximate surface area is 176 Å². The first-order valence-corrected chi connectivity index (χ1v) is 9.61. The van der Waals surface area contributed by atoms with E-state index in [1.165, 1.54) is 6.20 Å². The Morgan fingerprint density at radius 2 is 2.00 bits per heavy atom. The number of aliphatic hydroxyl groups is 1. The van der Waals surface area contributed by atoms with Crippen molar-refractivity contribution in [3.05, 3.63) is 76.5 Å². The van der Waals surface area contributed by atoms with Gasteiger partial charge in [-0.2, -0.15) is 0 Å². The average molecular weight is 427 g/mol. The fraction of sp³-hybridized carbons (Fsp3) is 0.0952. The summed E-state index contributed by atoms with van der Waals surface area (Å²) in [4.78, 5) is 21.3. The molecule has 0 aliphatic rings. The molecule has 0 saturated heterocycles. The van der Waals surface area contributed by atoms with E-state index in [9.17, 15) is 4.79 Å². The molecule has 2 N–H and O–H groups in total. The molecule has 0 saturated carbocycles. The van der Waals surface area contributed by atoms with E-state index in [2.05, 4.69) is 10.3 Å². The number of aliphatic hydroxyl groups excluding tert-OH is 1. The molecule has 0 spiro atoms. The lowest BCUT2D eigenvalue weighted by atomic mass is 10.1. The molecule has 1 aromatic carbocycles. The van der Waals surface area contributed by atoms with Crippen LogP contribution in [0, 0.1) is 0 Å². The fourth-order valence-electron chi connectivity index (χ4n) is 3.02. The van der Waals surface area contributed by atoms with Crippen LogP contribution in [-0.2, 0) is 0 Å². The number of fused-ring (bicyclic) bond motifs is 1. The molecule has 6 nitrogen and oxygen atoms in total. The number of benzene rings is 1. The summed E-state index contributed by atoms with van der Waals surface area (Å²) < 4.78 is 1.80. The number of carbonyl (C=O) groups excluding carboxylic acids is 1. The molecular weight excluding hydrogens is 411 g/mol. The number of amides is 1. The second-order valence-electron chi connectivity index (χ2n) is 6.31. The average Bonchev–Trinajstić information content (AvgIpc) is 3.15. The molecule has 8 heteroatoms. The molecule has 3 aromatic heterocycles. The standard InChI is InChI=1S/C21H16Cl2N4O2/c22-16-11-17(23)20(25-12-16)27-8-6-13-4-5-18(26-19(13)27)14-2-1-3-15(10-14)21(29)24-7-9-28/h1-6,8,10-12,28H,7,9H2,(H,24,29). The molecular formula is C21H16Cl2N4O2. The van der Waals surface area contributed by atoms with Crippen LogP contribution in [0.3, 0.4) is 0 Å². The smallest absolute Gasteiger partial charge is 0.251 e. The van der Waals surface area contributed by atoms with Gasteiger partial charge in [0.05, 0.1) is 22.3 Å². The van der Waals surface area contributed by atoms with Gasteiger partial charge in [-0.25, -0.2) is 9.97 Å². The third-order valence-electron chi connectivity index (χ3n) is 4.37. The van der Waals surface area contributed by atoms with Gasteiger partial charge in [-0.05, 0) is 36.4 Å². The van der Waals surface area contributed by atoms with E-state index in [1.54, 1.807) is 28.8 Å². The molecule has 0 radical (unpaired) electrons. The predicted molar refractivity (Wildman–Crippen MR) is 114 cm³/mol. The van der Waals surface area contributed by atoms with Crippen molar-refractivity contribution in [1.29, 1.82) is 0 Å². The topological polar surface area (TPSA) is 80.0 Å². The van der Waals surface area contributed by atoms with Gasteiger partial charge in [0, 0.05) is 35.5 Å². The van der Waals surface area contributed by atoms with Gasteiger partial charge in [0.2, 0.25) is 0 Å². The number of hydrogen-bond acceptors (Lipinski definition) is 4. The Morgan fingerprint density at radius 1 is 1.14 bits per heavy atom. The highest BCUT2D eigenvalue weighted by Crippen LogP contribution is 2.27. The van der Waals surface area contributed by atoms with E-state index in [-0.39, 0.29) is 19.1 Å². The van der Waals surface area contributed by atoms with Crippen LogP contribution in [0.1, 0.15) is 10.4 Å². The second kappa shape index (κ2) is 8.21. The van der Waals surface area contributed by atoms with Gasteiger partial charge in [-0.15, -0.1) is 0 Å². The number of hydrogen-bond donors (Lipinski definition) is 2. The highest BCUT2D eigenvalue weighted by molar-refractivity contribution is 6.35.